The first-order chi connectivity index (χ1) is 14.2. The van der Waals surface area contributed by atoms with Crippen molar-refractivity contribution in [2.45, 2.75) is 5.22 Å². The van der Waals surface area contributed by atoms with Crippen molar-refractivity contribution in [3.63, 3.8) is 0 Å². The summed E-state index contributed by atoms with van der Waals surface area (Å²) in [7, 11) is 0. The summed E-state index contributed by atoms with van der Waals surface area (Å²) < 4.78 is 5.57. The summed E-state index contributed by atoms with van der Waals surface area (Å²) in [5.41, 5.74) is 1.75. The normalized spacial score (nSPS) is 10.6. The third kappa shape index (κ3) is 4.79. The highest BCUT2D eigenvalue weighted by molar-refractivity contribution is 7.99. The standard InChI is InChI=1S/C21H15N3O3S2/c25-17(13-29-21-24-23-20(27-21)18-7-4-12-28-18)14-8-10-16(11-9-14)22-19(26)15-5-2-1-3-6-15/h1-12H,13H2,(H,22,26). The minimum absolute atomic E-state index is 0.0631. The lowest BCUT2D eigenvalue weighted by Crippen LogP contribution is -2.11. The molecule has 0 fully saturated rings. The molecule has 29 heavy (non-hydrogen) atoms. The molecule has 4 aromatic rings. The first-order valence-electron chi connectivity index (χ1n) is 8.69. The molecule has 2 aromatic carbocycles. The zero-order valence-corrected chi connectivity index (χ0v) is 16.7. The predicted molar refractivity (Wildman–Crippen MR) is 114 cm³/mol. The van der Waals surface area contributed by atoms with E-state index < -0.39 is 0 Å². The van der Waals surface area contributed by atoms with Gasteiger partial charge in [0.05, 0.1) is 10.6 Å². The SMILES string of the molecule is O=C(CSc1nnc(-c2cccs2)o1)c1ccc(NC(=O)c2ccccc2)cc1. The second-order valence-electron chi connectivity index (χ2n) is 5.96. The molecule has 8 heteroatoms. The molecule has 144 valence electrons. The van der Waals surface area contributed by atoms with Gasteiger partial charge in [0.25, 0.3) is 17.0 Å². The number of nitrogens with one attached hydrogen (secondary N) is 1. The Hall–Kier alpha value is -3.23. The summed E-state index contributed by atoms with van der Waals surface area (Å²) in [6.07, 6.45) is 0. The number of anilines is 1. The van der Waals surface area contributed by atoms with Crippen molar-refractivity contribution in [1.29, 1.82) is 0 Å². The number of thioether (sulfide) groups is 1. The highest BCUT2D eigenvalue weighted by Gasteiger charge is 2.13. The fourth-order valence-electron chi connectivity index (χ4n) is 2.51. The summed E-state index contributed by atoms with van der Waals surface area (Å²) in [5.74, 6) is 0.375. The topological polar surface area (TPSA) is 85.1 Å². The number of ketones is 1. The third-order valence-electron chi connectivity index (χ3n) is 3.97. The molecule has 0 atom stereocenters. The Morgan fingerprint density at radius 3 is 2.45 bits per heavy atom. The second-order valence-corrected chi connectivity index (χ2v) is 7.83. The molecule has 2 heterocycles. The predicted octanol–water partition coefficient (Wildman–Crippen LogP) is 5.03. The molecule has 0 aliphatic carbocycles. The van der Waals surface area contributed by atoms with Crippen LogP contribution >= 0.6 is 23.1 Å². The molecule has 0 aliphatic heterocycles. The number of amides is 1. The van der Waals surface area contributed by atoms with Gasteiger partial charge in [0.2, 0.25) is 0 Å². The van der Waals surface area contributed by atoms with E-state index >= 15 is 0 Å². The van der Waals surface area contributed by atoms with E-state index in [0.717, 1.165) is 4.88 Å². The van der Waals surface area contributed by atoms with Crippen molar-refractivity contribution in [2.24, 2.45) is 0 Å². The molecular weight excluding hydrogens is 406 g/mol. The summed E-state index contributed by atoms with van der Waals surface area (Å²) in [4.78, 5) is 25.5. The van der Waals surface area contributed by atoms with Crippen LogP contribution in [0.15, 0.2) is 81.8 Å². The zero-order valence-electron chi connectivity index (χ0n) is 15.1. The molecule has 1 N–H and O–H groups in total. The van der Waals surface area contributed by atoms with Crippen molar-refractivity contribution in [3.8, 4) is 10.8 Å². The molecule has 0 spiro atoms. The van der Waals surface area contributed by atoms with Crippen LogP contribution in [0.2, 0.25) is 0 Å². The fraction of sp³-hybridized carbons (Fsp3) is 0.0476. The Morgan fingerprint density at radius 1 is 0.931 bits per heavy atom. The minimum Gasteiger partial charge on any atom is -0.410 e. The Kier molecular flexibility index (Phi) is 5.83. The average Bonchev–Trinajstić information content (AvgIpc) is 3.45. The van der Waals surface area contributed by atoms with Gasteiger partial charge >= 0.3 is 0 Å². The maximum atomic E-state index is 12.4. The van der Waals surface area contributed by atoms with Gasteiger partial charge in [0.15, 0.2) is 5.78 Å². The molecule has 1 amide bonds. The molecule has 4 rings (SSSR count). The van der Waals surface area contributed by atoms with Gasteiger partial charge in [0.1, 0.15) is 0 Å². The summed E-state index contributed by atoms with van der Waals surface area (Å²) in [6, 6.07) is 19.6. The lowest BCUT2D eigenvalue weighted by Gasteiger charge is -2.06. The zero-order chi connectivity index (χ0) is 20.1. The van der Waals surface area contributed by atoms with E-state index in [0.29, 0.717) is 27.9 Å². The van der Waals surface area contributed by atoms with E-state index in [4.69, 9.17) is 4.42 Å². The number of thiophene rings is 1. The Labute approximate surface area is 175 Å². The monoisotopic (exact) mass is 421 g/mol. The van der Waals surface area contributed by atoms with Gasteiger partial charge in [-0.05, 0) is 47.8 Å². The van der Waals surface area contributed by atoms with E-state index in [9.17, 15) is 9.59 Å². The molecule has 6 nitrogen and oxygen atoms in total. The molecule has 0 aliphatic rings. The van der Waals surface area contributed by atoms with E-state index in [1.807, 2.05) is 23.6 Å². The summed E-state index contributed by atoms with van der Waals surface area (Å²) in [6.45, 7) is 0. The highest BCUT2D eigenvalue weighted by atomic mass is 32.2. The number of carbonyl (C=O) groups is 2. The minimum atomic E-state index is -0.196. The molecule has 0 saturated heterocycles. The fourth-order valence-corrected chi connectivity index (χ4v) is 3.81. The number of hydrogen-bond donors (Lipinski definition) is 1. The van der Waals surface area contributed by atoms with Gasteiger partial charge in [0, 0.05) is 16.8 Å². The number of aromatic nitrogens is 2. The van der Waals surface area contributed by atoms with Gasteiger partial charge < -0.3 is 9.73 Å². The molecule has 0 unspecified atom stereocenters. The van der Waals surface area contributed by atoms with Crippen LogP contribution in [0.5, 0.6) is 0 Å². The van der Waals surface area contributed by atoms with Gasteiger partial charge in [-0.1, -0.05) is 36.0 Å². The first kappa shape index (κ1) is 19.1. The van der Waals surface area contributed by atoms with Crippen molar-refractivity contribution in [3.05, 3.63) is 83.2 Å². The summed E-state index contributed by atoms with van der Waals surface area (Å²) >= 11 is 2.71. The van der Waals surface area contributed by atoms with Crippen LogP contribution in [0.1, 0.15) is 20.7 Å². The lowest BCUT2D eigenvalue weighted by molar-refractivity contribution is 0.101. The molecule has 0 saturated carbocycles. The maximum Gasteiger partial charge on any atom is 0.277 e. The second kappa shape index (κ2) is 8.85. The molecular formula is C21H15N3O3S2. The molecule has 0 bridgehead atoms. The maximum absolute atomic E-state index is 12.4. The van der Waals surface area contributed by atoms with Crippen LogP contribution in [0.4, 0.5) is 5.69 Å². The smallest absolute Gasteiger partial charge is 0.277 e. The van der Waals surface area contributed by atoms with Gasteiger partial charge in [-0.2, -0.15) is 0 Å². The first-order valence-corrected chi connectivity index (χ1v) is 10.6. The number of Topliss-reactive ketones (excluding diaryl/α,β-unsaturated/α-hetero) is 1. The summed E-state index contributed by atoms with van der Waals surface area (Å²) in [5, 5.41) is 13.1. The van der Waals surface area contributed by atoms with Crippen molar-refractivity contribution < 1.29 is 14.0 Å². The van der Waals surface area contributed by atoms with Crippen molar-refractivity contribution in [1.82, 2.24) is 10.2 Å². The highest BCUT2D eigenvalue weighted by Crippen LogP contribution is 2.26. The number of nitrogens with zero attached hydrogens (tertiary/aromatic N) is 2. The van der Waals surface area contributed by atoms with Crippen LogP contribution in [0, 0.1) is 0 Å². The van der Waals surface area contributed by atoms with Gasteiger partial charge in [-0.15, -0.1) is 21.5 Å². The quantitative estimate of drug-likeness (QED) is 0.333. The number of carbonyl (C=O) groups excluding carboxylic acids is 2. The van der Waals surface area contributed by atoms with Crippen molar-refractivity contribution >= 4 is 40.5 Å². The Morgan fingerprint density at radius 2 is 1.72 bits per heavy atom. The molecule has 0 radical (unpaired) electrons. The van der Waals surface area contributed by atoms with Gasteiger partial charge in [-0.3, -0.25) is 9.59 Å². The number of hydrogen-bond acceptors (Lipinski definition) is 7. The largest absolute Gasteiger partial charge is 0.410 e. The van der Waals surface area contributed by atoms with E-state index in [2.05, 4.69) is 15.5 Å². The third-order valence-corrected chi connectivity index (χ3v) is 5.64. The van der Waals surface area contributed by atoms with Crippen LogP contribution in [-0.4, -0.2) is 27.6 Å². The van der Waals surface area contributed by atoms with Crippen LogP contribution in [0.3, 0.4) is 0 Å². The number of benzene rings is 2. The van der Waals surface area contributed by atoms with Crippen LogP contribution < -0.4 is 5.32 Å². The van der Waals surface area contributed by atoms with Crippen LogP contribution in [0.25, 0.3) is 10.8 Å². The van der Waals surface area contributed by atoms with Gasteiger partial charge in [-0.25, -0.2) is 0 Å². The Bertz CT molecular complexity index is 1110. The lowest BCUT2D eigenvalue weighted by atomic mass is 10.1. The van der Waals surface area contributed by atoms with Crippen LogP contribution in [-0.2, 0) is 0 Å². The van der Waals surface area contributed by atoms with E-state index in [1.54, 1.807) is 48.5 Å². The van der Waals surface area contributed by atoms with Crippen molar-refractivity contribution in [2.75, 3.05) is 11.1 Å². The van der Waals surface area contributed by atoms with E-state index in [-0.39, 0.29) is 17.4 Å². The Balaban J connectivity index is 1.33. The average molecular weight is 422 g/mol. The number of rotatable bonds is 7. The molecule has 2 aromatic heterocycles. The van der Waals surface area contributed by atoms with E-state index in [1.165, 1.54) is 23.1 Å².